The van der Waals surface area contributed by atoms with E-state index < -0.39 is 11.7 Å². The monoisotopic (exact) mass is 346 g/mol. The van der Waals surface area contributed by atoms with Gasteiger partial charge in [0, 0.05) is 0 Å². The second-order valence-electron chi connectivity index (χ2n) is 6.48. The van der Waals surface area contributed by atoms with Crippen molar-refractivity contribution in [1.29, 1.82) is 0 Å². The fourth-order valence-electron chi connectivity index (χ4n) is 4.01. The topological polar surface area (TPSA) is 0 Å². The van der Waals surface area contributed by atoms with Crippen LogP contribution in [0.4, 0.5) is 13.2 Å². The van der Waals surface area contributed by atoms with Gasteiger partial charge in [0.15, 0.2) is 0 Å². The lowest BCUT2D eigenvalue weighted by Gasteiger charge is -2.15. The number of alkyl halides is 3. The summed E-state index contributed by atoms with van der Waals surface area (Å²) in [6.07, 6.45) is -4.39. The van der Waals surface area contributed by atoms with Crippen molar-refractivity contribution in [2.45, 2.75) is 6.18 Å². The van der Waals surface area contributed by atoms with Gasteiger partial charge < -0.3 is 0 Å². The highest BCUT2D eigenvalue weighted by Gasteiger charge is 2.34. The van der Waals surface area contributed by atoms with E-state index in [9.17, 15) is 13.2 Å². The Kier molecular flexibility index (Phi) is 3.05. The van der Waals surface area contributed by atoms with E-state index in [1.165, 1.54) is 6.07 Å². The number of hydrogen-bond acceptors (Lipinski definition) is 0. The highest BCUT2D eigenvalue weighted by Crippen LogP contribution is 2.50. The van der Waals surface area contributed by atoms with Gasteiger partial charge in [-0.1, -0.05) is 72.8 Å². The molecule has 0 heterocycles. The Morgan fingerprint density at radius 2 is 1.00 bits per heavy atom. The molecule has 126 valence electrons. The average Bonchev–Trinajstić information content (AvgIpc) is 2.98. The van der Waals surface area contributed by atoms with E-state index >= 15 is 0 Å². The van der Waals surface area contributed by atoms with E-state index in [1.807, 2.05) is 42.5 Å². The predicted octanol–water partition coefficient (Wildman–Crippen LogP) is 7.17. The van der Waals surface area contributed by atoms with Gasteiger partial charge >= 0.3 is 6.18 Å². The standard InChI is InChI=1S/C23H13F3/c24-23(25,26)21-11-4-3-8-17(21)16-12-13-20-15-7-2-1-6-14(15)18-9-5-10-19(16)22(18)20/h1-13H. The number of halogens is 3. The van der Waals surface area contributed by atoms with E-state index in [2.05, 4.69) is 12.1 Å². The van der Waals surface area contributed by atoms with Crippen molar-refractivity contribution in [3.8, 4) is 33.4 Å². The zero-order chi connectivity index (χ0) is 17.9. The molecule has 0 spiro atoms. The van der Waals surface area contributed by atoms with E-state index in [-0.39, 0.29) is 5.56 Å². The lowest BCUT2D eigenvalue weighted by atomic mass is 9.92. The molecule has 0 aliphatic heterocycles. The van der Waals surface area contributed by atoms with Crippen molar-refractivity contribution >= 4 is 10.8 Å². The number of benzene rings is 4. The first-order valence-corrected chi connectivity index (χ1v) is 8.38. The molecule has 26 heavy (non-hydrogen) atoms. The Morgan fingerprint density at radius 1 is 0.462 bits per heavy atom. The summed E-state index contributed by atoms with van der Waals surface area (Å²) in [4.78, 5) is 0. The lowest BCUT2D eigenvalue weighted by molar-refractivity contribution is -0.137. The quantitative estimate of drug-likeness (QED) is 0.302. The van der Waals surface area contributed by atoms with Crippen molar-refractivity contribution < 1.29 is 13.2 Å². The second-order valence-corrected chi connectivity index (χ2v) is 6.48. The van der Waals surface area contributed by atoms with E-state index in [0.717, 1.165) is 39.1 Å². The first kappa shape index (κ1) is 15.2. The Labute approximate surface area is 148 Å². The van der Waals surface area contributed by atoms with Gasteiger partial charge in [0.05, 0.1) is 5.56 Å². The van der Waals surface area contributed by atoms with Gasteiger partial charge in [0.2, 0.25) is 0 Å². The molecule has 3 heteroatoms. The summed E-state index contributed by atoms with van der Waals surface area (Å²) in [5.74, 6) is 0. The van der Waals surface area contributed by atoms with Crippen molar-refractivity contribution in [2.75, 3.05) is 0 Å². The number of rotatable bonds is 1. The molecule has 0 saturated carbocycles. The average molecular weight is 346 g/mol. The maximum Gasteiger partial charge on any atom is 0.417 e. The Hall–Kier alpha value is -3.07. The normalized spacial score (nSPS) is 12.4. The van der Waals surface area contributed by atoms with Gasteiger partial charge in [-0.05, 0) is 50.2 Å². The van der Waals surface area contributed by atoms with Crippen LogP contribution >= 0.6 is 0 Å². The Bertz CT molecular complexity index is 1140. The summed E-state index contributed by atoms with van der Waals surface area (Å²) < 4.78 is 40.6. The van der Waals surface area contributed by atoms with Crippen LogP contribution in [0, 0.1) is 0 Å². The van der Waals surface area contributed by atoms with Gasteiger partial charge in [0.1, 0.15) is 0 Å². The van der Waals surface area contributed by atoms with Crippen LogP contribution in [0.5, 0.6) is 0 Å². The molecule has 0 saturated heterocycles. The van der Waals surface area contributed by atoms with Crippen molar-refractivity contribution in [2.24, 2.45) is 0 Å². The van der Waals surface area contributed by atoms with Crippen molar-refractivity contribution in [3.05, 3.63) is 84.4 Å². The molecule has 0 nitrogen and oxygen atoms in total. The molecule has 4 aromatic carbocycles. The summed E-state index contributed by atoms with van der Waals surface area (Å²) in [7, 11) is 0. The summed E-state index contributed by atoms with van der Waals surface area (Å²) in [5.41, 5.74) is 4.67. The highest BCUT2D eigenvalue weighted by atomic mass is 19.4. The largest absolute Gasteiger partial charge is 0.417 e. The molecule has 0 amide bonds. The van der Waals surface area contributed by atoms with Crippen molar-refractivity contribution in [1.82, 2.24) is 0 Å². The number of hydrogen-bond donors (Lipinski definition) is 0. The molecular formula is C23H13F3. The molecule has 5 rings (SSSR count). The molecule has 1 aliphatic rings. The van der Waals surface area contributed by atoms with Gasteiger partial charge in [-0.25, -0.2) is 0 Å². The zero-order valence-electron chi connectivity index (χ0n) is 13.6. The molecule has 1 aliphatic carbocycles. The molecule has 4 aromatic rings. The van der Waals surface area contributed by atoms with E-state index in [0.29, 0.717) is 5.56 Å². The summed E-state index contributed by atoms with van der Waals surface area (Å²) in [6.45, 7) is 0. The first-order chi connectivity index (χ1) is 12.6. The highest BCUT2D eigenvalue weighted by molar-refractivity contribution is 6.18. The third-order valence-corrected chi connectivity index (χ3v) is 5.07. The van der Waals surface area contributed by atoms with Gasteiger partial charge in [-0.2, -0.15) is 13.2 Å². The summed E-state index contributed by atoms with van der Waals surface area (Å²) in [5, 5.41) is 1.89. The lowest BCUT2D eigenvalue weighted by Crippen LogP contribution is -2.07. The van der Waals surface area contributed by atoms with Crippen LogP contribution in [-0.2, 0) is 6.18 Å². The second kappa shape index (κ2) is 5.21. The smallest absolute Gasteiger partial charge is 0.166 e. The van der Waals surface area contributed by atoms with Crippen LogP contribution in [0.1, 0.15) is 5.56 Å². The number of fused-ring (bicyclic) bond motifs is 3. The predicted molar refractivity (Wildman–Crippen MR) is 98.8 cm³/mol. The molecular weight excluding hydrogens is 333 g/mol. The molecule has 0 radical (unpaired) electrons. The minimum absolute atomic E-state index is 0.222. The first-order valence-electron chi connectivity index (χ1n) is 8.38. The van der Waals surface area contributed by atoms with Crippen LogP contribution < -0.4 is 0 Å². The van der Waals surface area contributed by atoms with Gasteiger partial charge in [0.25, 0.3) is 0 Å². The van der Waals surface area contributed by atoms with Gasteiger partial charge in [-0.3, -0.25) is 0 Å². The van der Waals surface area contributed by atoms with Crippen LogP contribution in [0.25, 0.3) is 44.2 Å². The molecule has 0 aromatic heterocycles. The van der Waals surface area contributed by atoms with E-state index in [1.54, 1.807) is 12.1 Å². The van der Waals surface area contributed by atoms with Crippen LogP contribution in [-0.4, -0.2) is 0 Å². The minimum atomic E-state index is -4.39. The minimum Gasteiger partial charge on any atom is -0.166 e. The van der Waals surface area contributed by atoms with Crippen molar-refractivity contribution in [3.63, 3.8) is 0 Å². The Morgan fingerprint density at radius 3 is 1.69 bits per heavy atom. The van der Waals surface area contributed by atoms with Gasteiger partial charge in [-0.15, -0.1) is 0 Å². The summed E-state index contributed by atoms with van der Waals surface area (Å²) >= 11 is 0. The fraction of sp³-hybridized carbons (Fsp3) is 0.0435. The third-order valence-electron chi connectivity index (χ3n) is 5.07. The summed E-state index contributed by atoms with van der Waals surface area (Å²) in [6, 6.07) is 23.5. The van der Waals surface area contributed by atoms with Crippen LogP contribution in [0.2, 0.25) is 0 Å². The molecule has 0 atom stereocenters. The van der Waals surface area contributed by atoms with E-state index in [4.69, 9.17) is 0 Å². The molecule has 0 unspecified atom stereocenters. The molecule has 0 bridgehead atoms. The fourth-order valence-corrected chi connectivity index (χ4v) is 4.01. The van der Waals surface area contributed by atoms with Crippen LogP contribution in [0.15, 0.2) is 78.9 Å². The van der Waals surface area contributed by atoms with Crippen LogP contribution in [0.3, 0.4) is 0 Å². The molecule has 0 fully saturated rings. The maximum atomic E-state index is 13.5. The SMILES string of the molecule is FC(F)(F)c1ccccc1-c1ccc2c3c(cccc13)-c1ccccc1-2. The Balaban J connectivity index is 1.87. The molecule has 0 N–H and O–H groups in total. The third kappa shape index (κ3) is 2.03. The zero-order valence-corrected chi connectivity index (χ0v) is 13.6. The maximum absolute atomic E-state index is 13.5.